The number of benzene rings is 1. The minimum absolute atomic E-state index is 0. The Kier molecular flexibility index (Phi) is 7.00. The highest BCUT2D eigenvalue weighted by atomic mass is 35.5. The smallest absolute Gasteiger partial charge is 0.383 e. The van der Waals surface area contributed by atoms with Gasteiger partial charge in [0.2, 0.25) is 0 Å². The molecule has 1 heterocycles. The number of carbonyl (C=O) groups excluding carboxylic acids is 1. The van der Waals surface area contributed by atoms with Gasteiger partial charge in [0, 0.05) is 13.7 Å². The topological polar surface area (TPSA) is 50.4 Å². The van der Waals surface area contributed by atoms with E-state index >= 15 is 0 Å². The van der Waals surface area contributed by atoms with Crippen molar-refractivity contribution in [2.45, 2.75) is 24.6 Å². The third-order valence-electron chi connectivity index (χ3n) is 3.89. The lowest BCUT2D eigenvalue weighted by molar-refractivity contribution is -0.140. The van der Waals surface area contributed by atoms with Crippen molar-refractivity contribution in [2.24, 2.45) is 0 Å². The van der Waals surface area contributed by atoms with Gasteiger partial charge >= 0.3 is 6.18 Å². The summed E-state index contributed by atoms with van der Waals surface area (Å²) in [5.74, 6) is -2.43. The maximum atomic E-state index is 13.9. The Bertz CT molecular complexity index is 575. The van der Waals surface area contributed by atoms with Crippen molar-refractivity contribution in [3.63, 3.8) is 0 Å². The molecule has 1 atom stereocenters. The first-order valence-electron chi connectivity index (χ1n) is 7.17. The molecular formula is C15H19ClF4N2O2. The molecule has 1 aromatic carbocycles. The lowest BCUT2D eigenvalue weighted by Crippen LogP contribution is -2.53. The Morgan fingerprint density at radius 3 is 2.67 bits per heavy atom. The number of carbonyl (C=O) groups is 1. The summed E-state index contributed by atoms with van der Waals surface area (Å²) in [6, 6.07) is 2.65. The van der Waals surface area contributed by atoms with Crippen LogP contribution in [0.2, 0.25) is 0 Å². The Morgan fingerprint density at radius 2 is 2.12 bits per heavy atom. The fourth-order valence-corrected chi connectivity index (χ4v) is 2.74. The Labute approximate surface area is 143 Å². The van der Waals surface area contributed by atoms with Crippen molar-refractivity contribution in [3.05, 3.63) is 35.1 Å². The lowest BCUT2D eigenvalue weighted by atomic mass is 9.98. The minimum Gasteiger partial charge on any atom is -0.383 e. The van der Waals surface area contributed by atoms with Gasteiger partial charge in [0.25, 0.3) is 5.91 Å². The summed E-state index contributed by atoms with van der Waals surface area (Å²) in [6.45, 7) is 1.25. The molecule has 0 radical (unpaired) electrons. The average molecular weight is 371 g/mol. The third kappa shape index (κ3) is 4.58. The van der Waals surface area contributed by atoms with Gasteiger partial charge < -0.3 is 15.4 Å². The molecule has 1 aliphatic heterocycles. The molecule has 1 unspecified atom stereocenters. The molecule has 0 aliphatic carbocycles. The molecule has 0 aromatic heterocycles. The van der Waals surface area contributed by atoms with Crippen LogP contribution in [-0.4, -0.2) is 38.3 Å². The van der Waals surface area contributed by atoms with Gasteiger partial charge in [-0.2, -0.15) is 13.2 Å². The molecule has 1 amide bonds. The monoisotopic (exact) mass is 370 g/mol. The van der Waals surface area contributed by atoms with Gasteiger partial charge in [0.1, 0.15) is 5.82 Å². The van der Waals surface area contributed by atoms with Crippen LogP contribution in [0.15, 0.2) is 18.2 Å². The summed E-state index contributed by atoms with van der Waals surface area (Å²) in [5.41, 5.74) is -2.54. The van der Waals surface area contributed by atoms with Crippen molar-refractivity contribution in [2.75, 3.05) is 26.8 Å². The largest absolute Gasteiger partial charge is 0.419 e. The Hall–Kier alpha value is -1.38. The maximum Gasteiger partial charge on any atom is 0.419 e. The van der Waals surface area contributed by atoms with Gasteiger partial charge in [0.15, 0.2) is 0 Å². The minimum atomic E-state index is -4.84. The molecule has 2 N–H and O–H groups in total. The summed E-state index contributed by atoms with van der Waals surface area (Å²) in [5, 5.41) is 5.71. The predicted octanol–water partition coefficient (Wildman–Crippen LogP) is 2.76. The van der Waals surface area contributed by atoms with Crippen molar-refractivity contribution in [3.8, 4) is 0 Å². The predicted molar refractivity (Wildman–Crippen MR) is 82.8 cm³/mol. The summed E-state index contributed by atoms with van der Waals surface area (Å²) in [7, 11) is 1.52. The second-order valence-corrected chi connectivity index (χ2v) is 5.59. The van der Waals surface area contributed by atoms with Crippen molar-refractivity contribution in [1.82, 2.24) is 10.6 Å². The molecule has 1 aliphatic rings. The highest BCUT2D eigenvalue weighted by molar-refractivity contribution is 5.94. The zero-order valence-electron chi connectivity index (χ0n) is 13.0. The van der Waals surface area contributed by atoms with Gasteiger partial charge in [-0.3, -0.25) is 4.79 Å². The number of alkyl halides is 3. The van der Waals surface area contributed by atoms with Crippen LogP contribution in [0.4, 0.5) is 17.6 Å². The third-order valence-corrected chi connectivity index (χ3v) is 3.89. The Morgan fingerprint density at radius 1 is 1.42 bits per heavy atom. The van der Waals surface area contributed by atoms with E-state index in [0.717, 1.165) is 31.5 Å². The lowest BCUT2D eigenvalue weighted by Gasteiger charge is -2.29. The van der Waals surface area contributed by atoms with Gasteiger partial charge in [-0.05, 0) is 31.5 Å². The number of nitrogens with one attached hydrogen (secondary N) is 2. The van der Waals surface area contributed by atoms with Crippen molar-refractivity contribution >= 4 is 18.3 Å². The van der Waals surface area contributed by atoms with E-state index < -0.39 is 34.6 Å². The van der Waals surface area contributed by atoms with E-state index in [9.17, 15) is 22.4 Å². The molecule has 0 saturated carbocycles. The summed E-state index contributed by atoms with van der Waals surface area (Å²) >= 11 is 0. The number of rotatable bonds is 5. The van der Waals surface area contributed by atoms with E-state index in [-0.39, 0.29) is 19.0 Å². The second kappa shape index (κ2) is 8.13. The van der Waals surface area contributed by atoms with E-state index in [1.807, 2.05) is 0 Å². The number of hydrogen-bond donors (Lipinski definition) is 2. The van der Waals surface area contributed by atoms with E-state index in [0.29, 0.717) is 12.7 Å². The van der Waals surface area contributed by atoms with Crippen LogP contribution in [0, 0.1) is 5.82 Å². The van der Waals surface area contributed by atoms with Crippen LogP contribution >= 0.6 is 12.4 Å². The second-order valence-electron chi connectivity index (χ2n) is 5.59. The van der Waals surface area contributed by atoms with Crippen molar-refractivity contribution < 1.29 is 27.1 Å². The molecule has 136 valence electrons. The first-order valence-corrected chi connectivity index (χ1v) is 7.17. The van der Waals surface area contributed by atoms with Gasteiger partial charge in [-0.1, -0.05) is 6.07 Å². The standard InChI is InChI=1S/C15H18F4N2O2.ClH/c1-23-9-14(6-3-7-21-14)8-20-13(22)10-4-2-5-11(12(10)16)15(17,18)19;/h2,4-5,21H,3,6-9H2,1H3,(H,20,22);1H. The van der Waals surface area contributed by atoms with Crippen LogP contribution in [0.5, 0.6) is 0 Å². The number of hydrogen-bond acceptors (Lipinski definition) is 3. The van der Waals surface area contributed by atoms with E-state index in [1.165, 1.54) is 7.11 Å². The molecule has 1 fully saturated rings. The van der Waals surface area contributed by atoms with Crippen LogP contribution in [0.25, 0.3) is 0 Å². The zero-order valence-corrected chi connectivity index (χ0v) is 13.8. The molecular weight excluding hydrogens is 352 g/mol. The van der Waals surface area contributed by atoms with Gasteiger partial charge in [-0.25, -0.2) is 4.39 Å². The molecule has 0 spiro atoms. The van der Waals surface area contributed by atoms with E-state index in [1.54, 1.807) is 0 Å². The SMILES string of the molecule is COCC1(CNC(=O)c2cccc(C(F)(F)F)c2F)CCCN1.Cl. The molecule has 4 nitrogen and oxygen atoms in total. The highest BCUT2D eigenvalue weighted by Crippen LogP contribution is 2.32. The molecule has 0 bridgehead atoms. The van der Waals surface area contributed by atoms with E-state index in [4.69, 9.17) is 4.74 Å². The van der Waals surface area contributed by atoms with Crippen molar-refractivity contribution in [1.29, 1.82) is 0 Å². The fourth-order valence-electron chi connectivity index (χ4n) is 2.74. The number of methoxy groups -OCH3 is 1. The zero-order chi connectivity index (χ0) is 17.1. The molecule has 2 rings (SSSR count). The quantitative estimate of drug-likeness (QED) is 0.784. The normalized spacial score (nSPS) is 20.5. The number of amides is 1. The maximum absolute atomic E-state index is 13.9. The molecule has 1 saturated heterocycles. The number of halogens is 5. The summed E-state index contributed by atoms with van der Waals surface area (Å²) in [4.78, 5) is 12.1. The van der Waals surface area contributed by atoms with E-state index in [2.05, 4.69) is 10.6 Å². The molecule has 24 heavy (non-hydrogen) atoms. The molecule has 1 aromatic rings. The highest BCUT2D eigenvalue weighted by Gasteiger charge is 2.37. The van der Waals surface area contributed by atoms with Gasteiger partial charge in [-0.15, -0.1) is 12.4 Å². The summed E-state index contributed by atoms with van der Waals surface area (Å²) in [6.07, 6.45) is -3.19. The molecule has 9 heteroatoms. The van der Waals surface area contributed by atoms with Crippen LogP contribution < -0.4 is 10.6 Å². The average Bonchev–Trinajstić information content (AvgIpc) is 2.93. The van der Waals surface area contributed by atoms with Crippen LogP contribution in [-0.2, 0) is 10.9 Å². The number of ether oxygens (including phenoxy) is 1. The fraction of sp³-hybridized carbons (Fsp3) is 0.533. The first kappa shape index (κ1) is 20.7. The Balaban J connectivity index is 0.00000288. The first-order chi connectivity index (χ1) is 10.8. The van der Waals surface area contributed by atoms with Crippen LogP contribution in [0.3, 0.4) is 0 Å². The van der Waals surface area contributed by atoms with Gasteiger partial charge in [0.05, 0.1) is 23.3 Å². The van der Waals surface area contributed by atoms with Crippen LogP contribution in [0.1, 0.15) is 28.8 Å². The summed E-state index contributed by atoms with van der Waals surface area (Å²) < 4.78 is 57.1.